The number of hydrogen-bond donors (Lipinski definition) is 1. The van der Waals surface area contributed by atoms with Gasteiger partial charge in [0.25, 0.3) is 0 Å². The molecule has 0 aromatic rings. The van der Waals surface area contributed by atoms with Crippen LogP contribution in [0.3, 0.4) is 0 Å². The van der Waals surface area contributed by atoms with E-state index >= 15 is 0 Å². The van der Waals surface area contributed by atoms with E-state index in [0.717, 1.165) is 51.9 Å². The van der Waals surface area contributed by atoms with E-state index in [1.54, 1.807) is 0 Å². The summed E-state index contributed by atoms with van der Waals surface area (Å²) in [6.07, 6.45) is 2.33. The fourth-order valence-electron chi connectivity index (χ4n) is 3.86. The lowest BCUT2D eigenvalue weighted by Gasteiger charge is -2.50. The highest BCUT2D eigenvalue weighted by atomic mass is 16.6. The summed E-state index contributed by atoms with van der Waals surface area (Å²) >= 11 is 0. The van der Waals surface area contributed by atoms with E-state index in [2.05, 4.69) is 10.2 Å². The third kappa shape index (κ3) is 4.37. The molecule has 0 spiro atoms. The minimum atomic E-state index is -0.436. The molecule has 132 valence electrons. The molecule has 6 nitrogen and oxygen atoms in total. The number of amides is 1. The highest BCUT2D eigenvalue weighted by molar-refractivity contribution is 5.68. The van der Waals surface area contributed by atoms with Gasteiger partial charge in [0.1, 0.15) is 5.60 Å². The molecule has 0 radical (unpaired) electrons. The van der Waals surface area contributed by atoms with E-state index < -0.39 is 5.60 Å². The van der Waals surface area contributed by atoms with E-state index in [0.29, 0.717) is 12.1 Å². The van der Waals surface area contributed by atoms with Crippen molar-refractivity contribution < 1.29 is 14.3 Å². The molecule has 3 heterocycles. The smallest absolute Gasteiger partial charge is 0.410 e. The molecule has 1 amide bonds. The van der Waals surface area contributed by atoms with Gasteiger partial charge in [-0.3, -0.25) is 4.90 Å². The first-order valence-corrected chi connectivity index (χ1v) is 8.94. The summed E-state index contributed by atoms with van der Waals surface area (Å²) in [5.74, 6) is 0.771. The number of morpholine rings is 1. The van der Waals surface area contributed by atoms with Crippen LogP contribution in [0, 0.1) is 5.92 Å². The lowest BCUT2D eigenvalue weighted by Crippen LogP contribution is -2.66. The van der Waals surface area contributed by atoms with Gasteiger partial charge in [0.05, 0.1) is 25.3 Å². The second-order valence-corrected chi connectivity index (χ2v) is 8.12. The molecule has 2 unspecified atom stereocenters. The summed E-state index contributed by atoms with van der Waals surface area (Å²) < 4.78 is 11.3. The molecular weight excluding hydrogens is 294 g/mol. The Balaban J connectivity index is 1.60. The first kappa shape index (κ1) is 17.0. The molecule has 0 aromatic carbocycles. The second-order valence-electron chi connectivity index (χ2n) is 8.12. The van der Waals surface area contributed by atoms with Crippen molar-refractivity contribution in [3.63, 3.8) is 0 Å². The first-order valence-electron chi connectivity index (χ1n) is 8.94. The van der Waals surface area contributed by atoms with E-state index in [9.17, 15) is 4.79 Å². The van der Waals surface area contributed by atoms with Crippen molar-refractivity contribution >= 4 is 6.09 Å². The number of rotatable bonds is 2. The zero-order valence-electron chi connectivity index (χ0n) is 14.7. The van der Waals surface area contributed by atoms with E-state index in [4.69, 9.17) is 9.47 Å². The molecule has 3 aliphatic heterocycles. The highest BCUT2D eigenvalue weighted by Crippen LogP contribution is 2.26. The summed E-state index contributed by atoms with van der Waals surface area (Å²) in [7, 11) is 0. The topological polar surface area (TPSA) is 54.0 Å². The standard InChI is InChI=1S/C17H31N3O3/c1-17(2,3)23-16(21)19-9-14-11-22-12-15(10-19)20(14)8-13-4-6-18-7-5-13/h13-15,18H,4-12H2,1-3H3. The molecule has 23 heavy (non-hydrogen) atoms. The summed E-state index contributed by atoms with van der Waals surface area (Å²) in [5, 5.41) is 3.43. The number of piperazine rings is 1. The zero-order chi connectivity index (χ0) is 16.4. The van der Waals surface area contributed by atoms with Gasteiger partial charge in [-0.05, 0) is 52.6 Å². The van der Waals surface area contributed by atoms with Crippen molar-refractivity contribution in [3.8, 4) is 0 Å². The van der Waals surface area contributed by atoms with Gasteiger partial charge in [0.2, 0.25) is 0 Å². The van der Waals surface area contributed by atoms with Crippen LogP contribution in [0.2, 0.25) is 0 Å². The van der Waals surface area contributed by atoms with Crippen LogP contribution in [0.1, 0.15) is 33.6 Å². The molecular formula is C17H31N3O3. The third-order valence-corrected chi connectivity index (χ3v) is 5.00. The van der Waals surface area contributed by atoms with Crippen molar-refractivity contribution in [2.75, 3.05) is 45.9 Å². The van der Waals surface area contributed by atoms with E-state index in [-0.39, 0.29) is 6.09 Å². The number of carbonyl (C=O) groups is 1. The van der Waals surface area contributed by atoms with Crippen molar-refractivity contribution in [2.24, 2.45) is 5.92 Å². The van der Waals surface area contributed by atoms with Crippen molar-refractivity contribution in [2.45, 2.75) is 51.3 Å². The minimum absolute atomic E-state index is 0.184. The van der Waals surface area contributed by atoms with Gasteiger partial charge >= 0.3 is 6.09 Å². The largest absolute Gasteiger partial charge is 0.444 e. The highest BCUT2D eigenvalue weighted by Gasteiger charge is 2.41. The Bertz CT molecular complexity index is 404. The summed E-state index contributed by atoms with van der Waals surface area (Å²) in [5.41, 5.74) is -0.436. The van der Waals surface area contributed by atoms with Gasteiger partial charge in [-0.15, -0.1) is 0 Å². The van der Waals surface area contributed by atoms with Crippen molar-refractivity contribution in [1.82, 2.24) is 15.1 Å². The van der Waals surface area contributed by atoms with Crippen LogP contribution in [0.15, 0.2) is 0 Å². The first-order chi connectivity index (χ1) is 10.9. The maximum Gasteiger partial charge on any atom is 0.410 e. The molecule has 1 N–H and O–H groups in total. The minimum Gasteiger partial charge on any atom is -0.444 e. The van der Waals surface area contributed by atoms with Gasteiger partial charge in [-0.25, -0.2) is 4.79 Å². The van der Waals surface area contributed by atoms with Crippen molar-refractivity contribution in [1.29, 1.82) is 0 Å². The molecule has 0 aromatic heterocycles. The number of carbonyl (C=O) groups excluding carboxylic acids is 1. The Kier molecular flexibility index (Phi) is 5.13. The molecule has 3 rings (SSSR count). The number of ether oxygens (including phenoxy) is 2. The van der Waals surface area contributed by atoms with Crippen LogP contribution >= 0.6 is 0 Å². The van der Waals surface area contributed by atoms with Crippen LogP contribution in [0.25, 0.3) is 0 Å². The average Bonchev–Trinajstić information content (AvgIpc) is 2.46. The summed E-state index contributed by atoms with van der Waals surface area (Å²) in [6.45, 7) is 12.0. The Morgan fingerprint density at radius 1 is 1.17 bits per heavy atom. The molecule has 3 fully saturated rings. The van der Waals surface area contributed by atoms with Gasteiger partial charge in [-0.1, -0.05) is 0 Å². The fourth-order valence-corrected chi connectivity index (χ4v) is 3.86. The molecule has 6 heteroatoms. The number of hydrogen-bond acceptors (Lipinski definition) is 5. The van der Waals surface area contributed by atoms with Crippen LogP contribution in [-0.4, -0.2) is 79.5 Å². The Hall–Kier alpha value is -0.850. The van der Waals surface area contributed by atoms with Crippen LogP contribution in [0.4, 0.5) is 4.79 Å². The molecule has 2 atom stereocenters. The SMILES string of the molecule is CC(C)(C)OC(=O)N1CC2COCC(C1)N2CC1CCNCC1. The van der Waals surface area contributed by atoms with Gasteiger partial charge in [-0.2, -0.15) is 0 Å². The third-order valence-electron chi connectivity index (χ3n) is 5.00. The van der Waals surface area contributed by atoms with Crippen LogP contribution in [0.5, 0.6) is 0 Å². The Morgan fingerprint density at radius 3 is 2.35 bits per heavy atom. The second kappa shape index (κ2) is 6.95. The zero-order valence-corrected chi connectivity index (χ0v) is 14.7. The normalized spacial score (nSPS) is 30.3. The number of piperidine rings is 1. The monoisotopic (exact) mass is 325 g/mol. The lowest BCUT2D eigenvalue weighted by atomic mass is 9.94. The quantitative estimate of drug-likeness (QED) is 0.829. The molecule has 0 aliphatic carbocycles. The Labute approximate surface area is 139 Å². The maximum atomic E-state index is 12.4. The summed E-state index contributed by atoms with van der Waals surface area (Å²) in [4.78, 5) is 16.9. The average molecular weight is 325 g/mol. The van der Waals surface area contributed by atoms with Gasteiger partial charge < -0.3 is 19.7 Å². The molecule has 3 aliphatic rings. The van der Waals surface area contributed by atoms with E-state index in [1.807, 2.05) is 25.7 Å². The number of fused-ring (bicyclic) bond motifs is 2. The fraction of sp³-hybridized carbons (Fsp3) is 0.941. The van der Waals surface area contributed by atoms with Gasteiger partial charge in [0, 0.05) is 19.6 Å². The van der Waals surface area contributed by atoms with Crippen LogP contribution < -0.4 is 5.32 Å². The number of nitrogens with zero attached hydrogens (tertiary/aromatic N) is 2. The Morgan fingerprint density at radius 2 is 1.78 bits per heavy atom. The van der Waals surface area contributed by atoms with E-state index in [1.165, 1.54) is 12.8 Å². The molecule has 0 saturated carbocycles. The predicted octanol–water partition coefficient (Wildman–Crippen LogP) is 1.31. The molecule has 3 saturated heterocycles. The van der Waals surface area contributed by atoms with Crippen LogP contribution in [-0.2, 0) is 9.47 Å². The predicted molar refractivity (Wildman–Crippen MR) is 88.5 cm³/mol. The number of nitrogens with one attached hydrogen (secondary N) is 1. The van der Waals surface area contributed by atoms with Crippen molar-refractivity contribution in [3.05, 3.63) is 0 Å². The summed E-state index contributed by atoms with van der Waals surface area (Å²) in [6, 6.07) is 0.620. The molecule has 2 bridgehead atoms. The lowest BCUT2D eigenvalue weighted by molar-refractivity contribution is -0.103. The maximum absolute atomic E-state index is 12.4. The van der Waals surface area contributed by atoms with Gasteiger partial charge in [0.15, 0.2) is 0 Å².